The summed E-state index contributed by atoms with van der Waals surface area (Å²) in [5.74, 6) is -0.605. The number of nitro groups is 1. The van der Waals surface area contributed by atoms with Crippen molar-refractivity contribution in [3.8, 4) is 0 Å². The molecule has 1 aliphatic heterocycles. The lowest BCUT2D eigenvalue weighted by molar-refractivity contribution is -0.385. The summed E-state index contributed by atoms with van der Waals surface area (Å²) in [6, 6.07) is 2.24. The summed E-state index contributed by atoms with van der Waals surface area (Å²) in [6.45, 7) is 2.90. The normalized spacial score (nSPS) is 17.2. The lowest BCUT2D eigenvalue weighted by atomic mass is 10.0. The molecule has 0 radical (unpaired) electrons. The van der Waals surface area contributed by atoms with Gasteiger partial charge in [0, 0.05) is 28.7 Å². The Labute approximate surface area is 119 Å². The highest BCUT2D eigenvalue weighted by Crippen LogP contribution is 2.31. The van der Waals surface area contributed by atoms with Crippen LogP contribution in [-0.2, 0) is 6.42 Å². The van der Waals surface area contributed by atoms with E-state index < -0.39 is 10.7 Å². The van der Waals surface area contributed by atoms with Crippen LogP contribution in [0.1, 0.15) is 25.3 Å². The Morgan fingerprint density at radius 1 is 1.58 bits per heavy atom. The lowest BCUT2D eigenvalue weighted by Gasteiger charge is -2.09. The van der Waals surface area contributed by atoms with E-state index in [1.807, 2.05) is 6.92 Å². The second-order valence-corrected chi connectivity index (χ2v) is 5.46. The first-order chi connectivity index (χ1) is 8.99. The topological polar surface area (TPSA) is 55.2 Å². The molecule has 1 aliphatic rings. The van der Waals surface area contributed by atoms with E-state index in [9.17, 15) is 14.5 Å². The number of nitrogens with one attached hydrogen (secondary N) is 1. The molecule has 1 aromatic carbocycles. The molecule has 6 heteroatoms. The molecule has 2 rings (SSSR count). The van der Waals surface area contributed by atoms with E-state index in [0.29, 0.717) is 16.5 Å². The third-order valence-corrected chi connectivity index (χ3v) is 3.94. The van der Waals surface area contributed by atoms with Gasteiger partial charge in [-0.2, -0.15) is 0 Å². The second-order valence-electron chi connectivity index (χ2n) is 4.61. The van der Waals surface area contributed by atoms with Crippen LogP contribution in [-0.4, -0.2) is 11.5 Å². The highest BCUT2D eigenvalue weighted by molar-refractivity contribution is 9.10. The quantitative estimate of drug-likeness (QED) is 0.680. The van der Waals surface area contributed by atoms with Crippen molar-refractivity contribution in [1.29, 1.82) is 0 Å². The maximum absolute atomic E-state index is 13.2. The zero-order valence-electron chi connectivity index (χ0n) is 10.5. The Balaban J connectivity index is 2.39. The van der Waals surface area contributed by atoms with Crippen LogP contribution in [0.3, 0.4) is 0 Å². The van der Waals surface area contributed by atoms with E-state index in [4.69, 9.17) is 0 Å². The molecule has 0 amide bonds. The second kappa shape index (κ2) is 5.69. The van der Waals surface area contributed by atoms with Crippen molar-refractivity contribution >= 4 is 21.6 Å². The van der Waals surface area contributed by atoms with E-state index >= 15 is 0 Å². The summed E-state index contributed by atoms with van der Waals surface area (Å²) < 4.78 is 13.7. The number of nitro benzene ring substituents is 1. The van der Waals surface area contributed by atoms with Gasteiger partial charge >= 0.3 is 0 Å². The van der Waals surface area contributed by atoms with Crippen LogP contribution >= 0.6 is 15.9 Å². The first-order valence-electron chi connectivity index (χ1n) is 6.04. The van der Waals surface area contributed by atoms with Gasteiger partial charge in [-0.05, 0) is 31.4 Å². The molecular formula is C13H14BrFN2O2. The van der Waals surface area contributed by atoms with Crippen molar-refractivity contribution in [3.63, 3.8) is 0 Å². The Morgan fingerprint density at radius 3 is 2.89 bits per heavy atom. The molecule has 1 heterocycles. The van der Waals surface area contributed by atoms with Crippen LogP contribution in [0.15, 0.2) is 27.9 Å². The van der Waals surface area contributed by atoms with Crippen LogP contribution < -0.4 is 5.32 Å². The van der Waals surface area contributed by atoms with Crippen LogP contribution in [0, 0.1) is 15.9 Å². The minimum absolute atomic E-state index is 0.176. The Kier molecular flexibility index (Phi) is 4.19. The minimum atomic E-state index is -0.605. The number of allylic oxidation sites excluding steroid dienone is 2. The largest absolute Gasteiger partial charge is 0.388 e. The number of hydrogen-bond donors (Lipinski definition) is 1. The number of rotatable bonds is 3. The van der Waals surface area contributed by atoms with Gasteiger partial charge in [-0.1, -0.05) is 15.9 Å². The third kappa shape index (κ3) is 3.12. The molecule has 0 aromatic heterocycles. The maximum atomic E-state index is 13.2. The van der Waals surface area contributed by atoms with Gasteiger partial charge in [0.1, 0.15) is 5.82 Å². The molecule has 102 valence electrons. The van der Waals surface area contributed by atoms with Crippen molar-refractivity contribution in [2.75, 3.05) is 6.54 Å². The van der Waals surface area contributed by atoms with Crippen LogP contribution in [0.4, 0.5) is 10.1 Å². The smallest absolute Gasteiger partial charge is 0.276 e. The molecule has 1 saturated heterocycles. The first kappa shape index (κ1) is 14.0. The summed E-state index contributed by atoms with van der Waals surface area (Å²) in [7, 11) is 0. The molecule has 0 aliphatic carbocycles. The predicted octanol–water partition coefficient (Wildman–Crippen LogP) is 3.70. The molecule has 0 spiro atoms. The summed E-state index contributed by atoms with van der Waals surface area (Å²) in [5.41, 5.74) is 2.55. The molecule has 0 unspecified atom stereocenters. The number of benzene rings is 1. The standard InChI is InChI=1S/C13H14BrFN2O2/c1-8(12-3-2-4-16-12)5-10-11(14)6-9(15)7-13(10)17(18)19/h6-7,16H,2-5H2,1H3. The highest BCUT2D eigenvalue weighted by Gasteiger charge is 2.20. The van der Waals surface area contributed by atoms with Gasteiger partial charge in [0.15, 0.2) is 0 Å². The summed E-state index contributed by atoms with van der Waals surface area (Å²) in [6.07, 6.45) is 2.50. The monoisotopic (exact) mass is 328 g/mol. The molecule has 4 nitrogen and oxygen atoms in total. The zero-order chi connectivity index (χ0) is 14.0. The van der Waals surface area contributed by atoms with Crippen molar-refractivity contribution in [2.24, 2.45) is 0 Å². The van der Waals surface area contributed by atoms with Crippen LogP contribution in [0.25, 0.3) is 0 Å². The third-order valence-electron chi connectivity index (χ3n) is 3.23. The van der Waals surface area contributed by atoms with Gasteiger partial charge in [0.05, 0.1) is 11.0 Å². The van der Waals surface area contributed by atoms with Gasteiger partial charge in [-0.15, -0.1) is 0 Å². The van der Waals surface area contributed by atoms with Crippen molar-refractivity contribution in [2.45, 2.75) is 26.2 Å². The molecule has 0 bridgehead atoms. The number of nitrogens with zero attached hydrogens (tertiary/aromatic N) is 1. The van der Waals surface area contributed by atoms with Gasteiger partial charge in [0.25, 0.3) is 5.69 Å². The minimum Gasteiger partial charge on any atom is -0.388 e. The average molecular weight is 329 g/mol. The van der Waals surface area contributed by atoms with Gasteiger partial charge < -0.3 is 5.32 Å². The van der Waals surface area contributed by atoms with Gasteiger partial charge in [0.2, 0.25) is 0 Å². The fraction of sp³-hybridized carbons (Fsp3) is 0.385. The van der Waals surface area contributed by atoms with Crippen LogP contribution in [0.5, 0.6) is 0 Å². The van der Waals surface area contributed by atoms with E-state index in [-0.39, 0.29) is 5.69 Å². The van der Waals surface area contributed by atoms with E-state index in [1.165, 1.54) is 6.07 Å². The summed E-state index contributed by atoms with van der Waals surface area (Å²) in [4.78, 5) is 10.5. The molecule has 19 heavy (non-hydrogen) atoms. The zero-order valence-corrected chi connectivity index (χ0v) is 12.1. The number of halogens is 2. The number of hydrogen-bond acceptors (Lipinski definition) is 3. The predicted molar refractivity (Wildman–Crippen MR) is 74.4 cm³/mol. The fourth-order valence-corrected chi connectivity index (χ4v) is 2.82. The van der Waals surface area contributed by atoms with Gasteiger partial charge in [-0.25, -0.2) is 4.39 Å². The SMILES string of the molecule is CC(Cc1c(Br)cc(F)cc1[N+](=O)[O-])=C1CCCN1. The maximum Gasteiger partial charge on any atom is 0.276 e. The molecule has 1 aromatic rings. The molecule has 1 N–H and O–H groups in total. The Hall–Kier alpha value is -1.43. The van der Waals surface area contributed by atoms with Crippen molar-refractivity contribution in [1.82, 2.24) is 5.32 Å². The Bertz CT molecular complexity index is 550. The van der Waals surface area contributed by atoms with E-state index in [0.717, 1.165) is 36.7 Å². The molecule has 0 atom stereocenters. The fourth-order valence-electron chi connectivity index (χ4n) is 2.26. The first-order valence-corrected chi connectivity index (χ1v) is 6.83. The van der Waals surface area contributed by atoms with Crippen molar-refractivity contribution in [3.05, 3.63) is 49.4 Å². The average Bonchev–Trinajstić information content (AvgIpc) is 2.85. The van der Waals surface area contributed by atoms with E-state index in [1.54, 1.807) is 0 Å². The van der Waals surface area contributed by atoms with Crippen molar-refractivity contribution < 1.29 is 9.31 Å². The molecule has 1 fully saturated rings. The highest BCUT2D eigenvalue weighted by atomic mass is 79.9. The lowest BCUT2D eigenvalue weighted by Crippen LogP contribution is -2.08. The Morgan fingerprint density at radius 2 is 2.32 bits per heavy atom. The van der Waals surface area contributed by atoms with E-state index in [2.05, 4.69) is 21.2 Å². The van der Waals surface area contributed by atoms with Gasteiger partial charge in [-0.3, -0.25) is 10.1 Å². The van der Waals surface area contributed by atoms with Crippen LogP contribution in [0.2, 0.25) is 0 Å². The summed E-state index contributed by atoms with van der Waals surface area (Å²) >= 11 is 3.22. The molecular weight excluding hydrogens is 315 g/mol. The molecule has 0 saturated carbocycles. The summed E-state index contributed by atoms with van der Waals surface area (Å²) in [5, 5.41) is 14.3.